The van der Waals surface area contributed by atoms with E-state index in [1.165, 1.54) is 7.11 Å². The first kappa shape index (κ1) is 18.6. The Balaban J connectivity index is 2.63. The highest BCUT2D eigenvalue weighted by molar-refractivity contribution is 7.10. The van der Waals surface area contributed by atoms with Gasteiger partial charge in [0.05, 0.1) is 19.4 Å². The van der Waals surface area contributed by atoms with Crippen molar-refractivity contribution in [2.75, 3.05) is 40.8 Å². The second-order valence-corrected chi connectivity index (χ2v) is 6.71. The average molecular weight is 326 g/mol. The number of ether oxygens (including phenoxy) is 1. The fourth-order valence-electron chi connectivity index (χ4n) is 2.18. The van der Waals surface area contributed by atoms with Crippen molar-refractivity contribution >= 4 is 23.2 Å². The fourth-order valence-corrected chi connectivity index (χ4v) is 2.87. The molecule has 1 atom stereocenters. The summed E-state index contributed by atoms with van der Waals surface area (Å²) in [7, 11) is 5.40. The van der Waals surface area contributed by atoms with Gasteiger partial charge in [-0.25, -0.2) is 0 Å². The zero-order valence-corrected chi connectivity index (χ0v) is 14.7. The number of hydrogen-bond acceptors (Lipinski definition) is 5. The smallest absolute Gasteiger partial charge is 0.310 e. The van der Waals surface area contributed by atoms with Crippen molar-refractivity contribution in [1.82, 2.24) is 9.80 Å². The Kier molecular flexibility index (Phi) is 8.12. The summed E-state index contributed by atoms with van der Waals surface area (Å²) in [5.74, 6) is -0.518. The van der Waals surface area contributed by atoms with Crippen LogP contribution in [0.15, 0.2) is 17.5 Å². The Hall–Kier alpha value is -1.40. The Morgan fingerprint density at radius 1 is 1.32 bits per heavy atom. The normalized spacial score (nSPS) is 12.2. The summed E-state index contributed by atoms with van der Waals surface area (Å²) < 4.78 is 4.76. The van der Waals surface area contributed by atoms with Gasteiger partial charge in [0.15, 0.2) is 0 Å². The highest BCUT2D eigenvalue weighted by Gasteiger charge is 2.21. The van der Waals surface area contributed by atoms with Gasteiger partial charge in [-0.1, -0.05) is 13.0 Å². The quantitative estimate of drug-likeness (QED) is 0.650. The molecule has 1 aromatic rings. The number of carbonyl (C=O) groups excluding carboxylic acids is 2. The van der Waals surface area contributed by atoms with Crippen LogP contribution in [-0.2, 0) is 20.7 Å². The predicted molar refractivity (Wildman–Crippen MR) is 89.0 cm³/mol. The molecule has 1 amide bonds. The number of esters is 1. The molecule has 0 aliphatic carbocycles. The van der Waals surface area contributed by atoms with Crippen LogP contribution in [0.25, 0.3) is 0 Å². The van der Waals surface area contributed by atoms with E-state index in [1.807, 2.05) is 31.6 Å². The SMILES string of the molecule is COC(=O)C(C)CN(CCCN(C)C)C(=O)Cc1cccs1. The second kappa shape index (κ2) is 9.58. The molecule has 1 unspecified atom stereocenters. The maximum atomic E-state index is 12.5. The summed E-state index contributed by atoms with van der Waals surface area (Å²) in [5.41, 5.74) is 0. The Labute approximate surface area is 136 Å². The monoisotopic (exact) mass is 326 g/mol. The van der Waals surface area contributed by atoms with E-state index in [2.05, 4.69) is 4.90 Å². The molecule has 22 heavy (non-hydrogen) atoms. The predicted octanol–water partition coefficient (Wildman–Crippen LogP) is 1.88. The number of carbonyl (C=O) groups is 2. The lowest BCUT2D eigenvalue weighted by Crippen LogP contribution is -2.39. The molecule has 0 bridgehead atoms. The lowest BCUT2D eigenvalue weighted by atomic mass is 10.1. The molecule has 0 saturated heterocycles. The number of amides is 1. The van der Waals surface area contributed by atoms with Crippen molar-refractivity contribution in [3.63, 3.8) is 0 Å². The van der Waals surface area contributed by atoms with E-state index in [1.54, 1.807) is 23.2 Å². The third kappa shape index (κ3) is 6.58. The number of hydrogen-bond donors (Lipinski definition) is 0. The maximum Gasteiger partial charge on any atom is 0.310 e. The number of methoxy groups -OCH3 is 1. The largest absolute Gasteiger partial charge is 0.469 e. The molecule has 0 N–H and O–H groups in total. The van der Waals surface area contributed by atoms with E-state index < -0.39 is 0 Å². The molecule has 124 valence electrons. The van der Waals surface area contributed by atoms with Crippen LogP contribution in [0.5, 0.6) is 0 Å². The summed E-state index contributed by atoms with van der Waals surface area (Å²) in [4.78, 5) is 29.0. The first-order chi connectivity index (χ1) is 10.4. The third-order valence-corrected chi connectivity index (χ3v) is 4.27. The van der Waals surface area contributed by atoms with Crippen molar-refractivity contribution in [3.8, 4) is 0 Å². The molecule has 1 aromatic heterocycles. The highest BCUT2D eigenvalue weighted by atomic mass is 32.1. The van der Waals surface area contributed by atoms with Crippen LogP contribution in [0, 0.1) is 5.92 Å². The summed E-state index contributed by atoms with van der Waals surface area (Å²) in [6, 6.07) is 3.91. The molecular weight excluding hydrogens is 300 g/mol. The maximum absolute atomic E-state index is 12.5. The molecular formula is C16H26N2O3S. The topological polar surface area (TPSA) is 49.9 Å². The number of rotatable bonds is 9. The van der Waals surface area contributed by atoms with E-state index in [4.69, 9.17) is 4.74 Å². The molecule has 0 aliphatic heterocycles. The molecule has 1 heterocycles. The number of nitrogens with zero attached hydrogens (tertiary/aromatic N) is 2. The first-order valence-electron chi connectivity index (χ1n) is 7.46. The van der Waals surface area contributed by atoms with Crippen molar-refractivity contribution in [2.45, 2.75) is 19.8 Å². The van der Waals surface area contributed by atoms with Gasteiger partial charge in [-0.2, -0.15) is 0 Å². The summed E-state index contributed by atoms with van der Waals surface area (Å²) in [6.45, 7) is 3.77. The van der Waals surface area contributed by atoms with E-state index in [9.17, 15) is 9.59 Å². The van der Waals surface area contributed by atoms with Gasteiger partial charge in [0.1, 0.15) is 0 Å². The van der Waals surface area contributed by atoms with Crippen molar-refractivity contribution in [2.24, 2.45) is 5.92 Å². The molecule has 6 heteroatoms. The lowest BCUT2D eigenvalue weighted by Gasteiger charge is -2.25. The lowest BCUT2D eigenvalue weighted by molar-refractivity contribution is -0.146. The average Bonchev–Trinajstić information content (AvgIpc) is 2.97. The molecule has 0 spiro atoms. The van der Waals surface area contributed by atoms with Gasteiger partial charge in [-0.15, -0.1) is 11.3 Å². The Morgan fingerprint density at radius 2 is 2.05 bits per heavy atom. The van der Waals surface area contributed by atoms with Gasteiger partial charge in [0, 0.05) is 18.0 Å². The van der Waals surface area contributed by atoms with Crippen LogP contribution in [0.4, 0.5) is 0 Å². The molecule has 0 saturated carbocycles. The van der Waals surface area contributed by atoms with E-state index in [0.717, 1.165) is 17.8 Å². The number of thiophene rings is 1. The van der Waals surface area contributed by atoms with Crippen LogP contribution in [0.3, 0.4) is 0 Å². The van der Waals surface area contributed by atoms with Crippen LogP contribution in [-0.4, -0.2) is 62.5 Å². The van der Waals surface area contributed by atoms with Crippen molar-refractivity contribution in [1.29, 1.82) is 0 Å². The minimum absolute atomic E-state index is 0.0666. The van der Waals surface area contributed by atoms with Gasteiger partial charge in [-0.05, 0) is 38.5 Å². The standard InChI is InChI=1S/C16H26N2O3S/c1-13(16(20)21-4)12-18(9-6-8-17(2)3)15(19)11-14-7-5-10-22-14/h5,7,10,13H,6,8-9,11-12H2,1-4H3. The molecule has 5 nitrogen and oxygen atoms in total. The fraction of sp³-hybridized carbons (Fsp3) is 0.625. The van der Waals surface area contributed by atoms with E-state index >= 15 is 0 Å². The molecule has 0 aliphatic rings. The van der Waals surface area contributed by atoms with Crippen molar-refractivity contribution in [3.05, 3.63) is 22.4 Å². The highest BCUT2D eigenvalue weighted by Crippen LogP contribution is 2.12. The second-order valence-electron chi connectivity index (χ2n) is 5.68. The van der Waals surface area contributed by atoms with E-state index in [-0.39, 0.29) is 17.8 Å². The minimum Gasteiger partial charge on any atom is -0.469 e. The third-order valence-electron chi connectivity index (χ3n) is 3.39. The van der Waals surface area contributed by atoms with Crippen LogP contribution in [0.2, 0.25) is 0 Å². The van der Waals surface area contributed by atoms with Crippen LogP contribution in [0.1, 0.15) is 18.2 Å². The van der Waals surface area contributed by atoms with Crippen molar-refractivity contribution < 1.29 is 14.3 Å². The Bertz CT molecular complexity index is 460. The van der Waals surface area contributed by atoms with Gasteiger partial charge in [-0.3, -0.25) is 9.59 Å². The van der Waals surface area contributed by atoms with Gasteiger partial charge in [0.25, 0.3) is 0 Å². The molecule has 0 aromatic carbocycles. The van der Waals surface area contributed by atoms with Crippen LogP contribution < -0.4 is 0 Å². The zero-order chi connectivity index (χ0) is 16.5. The minimum atomic E-state index is -0.309. The first-order valence-corrected chi connectivity index (χ1v) is 8.34. The van der Waals surface area contributed by atoms with Crippen LogP contribution >= 0.6 is 11.3 Å². The Morgan fingerprint density at radius 3 is 2.59 bits per heavy atom. The summed E-state index contributed by atoms with van der Waals surface area (Å²) >= 11 is 1.58. The van der Waals surface area contributed by atoms with Gasteiger partial charge in [0.2, 0.25) is 5.91 Å². The molecule has 0 fully saturated rings. The van der Waals surface area contributed by atoms with Gasteiger partial charge < -0.3 is 14.5 Å². The molecule has 1 rings (SSSR count). The molecule has 0 radical (unpaired) electrons. The zero-order valence-electron chi connectivity index (χ0n) is 13.9. The summed E-state index contributed by atoms with van der Waals surface area (Å²) in [5, 5.41) is 1.97. The summed E-state index contributed by atoms with van der Waals surface area (Å²) in [6.07, 6.45) is 1.28. The van der Waals surface area contributed by atoms with Gasteiger partial charge >= 0.3 is 5.97 Å². The van der Waals surface area contributed by atoms with E-state index in [0.29, 0.717) is 19.5 Å².